The van der Waals surface area contributed by atoms with E-state index in [2.05, 4.69) is 94.9 Å². The molecule has 0 bridgehead atoms. The zero-order valence-corrected chi connectivity index (χ0v) is 30.1. The Kier molecular flexibility index (Phi) is 11.8. The van der Waals surface area contributed by atoms with Crippen LogP contribution in [-0.2, 0) is 25.5 Å². The lowest BCUT2D eigenvalue weighted by Gasteiger charge is -2.02. The molecule has 6 heterocycles. The van der Waals surface area contributed by atoms with Crippen molar-refractivity contribution >= 4 is 102 Å². The van der Waals surface area contributed by atoms with Gasteiger partial charge in [0.05, 0.1) is 42.8 Å². The van der Waals surface area contributed by atoms with Crippen LogP contribution in [0.25, 0.3) is 0 Å². The Morgan fingerprint density at radius 2 is 1.24 bits per heavy atom. The van der Waals surface area contributed by atoms with Crippen LogP contribution in [-0.4, -0.2) is 66.4 Å². The van der Waals surface area contributed by atoms with Crippen LogP contribution in [0.1, 0.15) is 12.3 Å². The monoisotopic (exact) mass is 846 g/mol. The van der Waals surface area contributed by atoms with Crippen molar-refractivity contribution in [1.29, 1.82) is 0 Å². The van der Waals surface area contributed by atoms with E-state index in [9.17, 15) is 9.36 Å². The second kappa shape index (κ2) is 20.3. The van der Waals surface area contributed by atoms with Crippen molar-refractivity contribution in [3.8, 4) is 5.88 Å². The van der Waals surface area contributed by atoms with Crippen molar-refractivity contribution in [2.24, 2.45) is 20.9 Å². The molecule has 0 radical (unpaired) electrons. The Labute approximate surface area is 321 Å². The van der Waals surface area contributed by atoms with E-state index in [4.69, 9.17) is 28.7 Å². The molecule has 0 atom stereocenters. The molecule has 6 aromatic rings. The number of aryl methyl sites for hydroxylation is 3. The number of nitrogens with zero attached hydrogens (tertiary/aromatic N) is 11. The molecule has 0 aromatic carbocycles. The van der Waals surface area contributed by atoms with Gasteiger partial charge in [-0.05, 0) is 39.8 Å². The normalized spacial score (nSPS) is 13.5. The number of halogens is 5. The third-order valence-electron chi connectivity index (χ3n) is 4.65. The number of rotatable bonds is 7. The van der Waals surface area contributed by atoms with E-state index in [1.165, 1.54) is 68.9 Å². The number of hydrogen-bond acceptors (Lipinski definition) is 14. The van der Waals surface area contributed by atoms with Gasteiger partial charge in [0.1, 0.15) is 5.15 Å². The first kappa shape index (κ1) is 28.6. The number of H-pyrrole nitrogens is 1. The van der Waals surface area contributed by atoms with E-state index in [0.717, 1.165) is 14.0 Å². The van der Waals surface area contributed by atoms with E-state index in [1.54, 1.807) is 12.1 Å². The highest BCUT2D eigenvalue weighted by atomic mass is 79.9. The molecular weight excluding hydrogens is 811 g/mol. The number of methoxy groups -OCH3 is 1. The van der Waals surface area contributed by atoms with Gasteiger partial charge in [0, 0.05) is 82.6 Å². The molecule has 0 aliphatic heterocycles. The average molecular weight is 849 g/mol. The minimum atomic E-state index is -3.22. The zero-order chi connectivity index (χ0) is 42.6. The number of aromatic nitrogens is 12. The van der Waals surface area contributed by atoms with Crippen molar-refractivity contribution in [2.75, 3.05) is 23.1 Å². The molecule has 0 amide bonds. The fraction of sp³-hybridized carbons (Fsp3) is 0.160. The standard InChI is InChI=1S/C9H11N5O.C8H8ClN5.C8H9N5O.BrH.Cl3OP/c1-14-6-7(5-11-14)12-9-10-4-3-8(13-9)15-2;1-14-5-6(4-11-14)12-8-10-3-2-7(9)13-8;1-13-5-6(4-10-13)11-8-9-3-2-7(14)12-8;;1-5(2,3)4/h3-6H,1-2H3,(H,10,12,13);2-5H,1H3,(H,10,12,13);2-5H,1H3,(H2,9,11,12,14);1H;/i3*1D3;;. The molecule has 0 fully saturated rings. The number of ether oxygens (including phenoxy) is 1. The Morgan fingerprint density at radius 3 is 1.69 bits per heavy atom. The molecule has 262 valence electrons. The number of aromatic amines is 1. The van der Waals surface area contributed by atoms with Crippen LogP contribution in [0.5, 0.6) is 5.88 Å². The van der Waals surface area contributed by atoms with Gasteiger partial charge in [-0.3, -0.25) is 28.4 Å². The lowest BCUT2D eigenvalue weighted by atomic mass is 10.5. The molecule has 0 aliphatic rings. The molecule has 0 aliphatic carbocycles. The molecule has 0 unspecified atom stereocenters. The lowest BCUT2D eigenvalue weighted by Crippen LogP contribution is -2.07. The van der Waals surface area contributed by atoms with Gasteiger partial charge >= 0.3 is 5.20 Å². The van der Waals surface area contributed by atoms with Gasteiger partial charge in [-0.1, -0.05) is 11.6 Å². The summed E-state index contributed by atoms with van der Waals surface area (Å²) >= 11 is 19.5. The molecule has 24 heteroatoms. The van der Waals surface area contributed by atoms with Crippen LogP contribution in [0.15, 0.2) is 78.8 Å². The van der Waals surface area contributed by atoms with Crippen LogP contribution < -0.4 is 26.2 Å². The van der Waals surface area contributed by atoms with Crippen molar-refractivity contribution in [2.45, 2.75) is 0 Å². The smallest absolute Gasteiger partial charge is 0.339 e. The zero-order valence-electron chi connectivity index (χ0n) is 33.4. The maximum Gasteiger partial charge on any atom is 0.339 e. The van der Waals surface area contributed by atoms with Crippen molar-refractivity contribution < 1.29 is 21.6 Å². The first-order chi connectivity index (χ1) is 26.4. The van der Waals surface area contributed by atoms with Crippen LogP contribution in [0.4, 0.5) is 34.9 Å². The molecule has 0 spiro atoms. The second-order valence-corrected chi connectivity index (χ2v) is 15.2. The Bertz CT molecular complexity index is 2300. The van der Waals surface area contributed by atoms with Gasteiger partial charge in [-0.15, -0.1) is 17.0 Å². The molecule has 0 saturated heterocycles. The third-order valence-corrected chi connectivity index (χ3v) is 4.87. The van der Waals surface area contributed by atoms with E-state index in [0.29, 0.717) is 34.0 Å². The SMILES string of the molecule is Br.O=P(Cl)(Cl)Cl.[2H]C([2H])([2H])n1cc(Nc2nccc(=O)[nH]2)cn1.[2H]C([2H])([2H])n1cc(Nc2nccc(Cl)n2)cn1.[2H]C([2H])([2H])n1cc(Nc2nccc(OC)n2)cn1. The van der Waals surface area contributed by atoms with Gasteiger partial charge < -0.3 is 20.7 Å². The summed E-state index contributed by atoms with van der Waals surface area (Å²) in [6.07, 6.45) is 12.5. The van der Waals surface area contributed by atoms with E-state index < -0.39 is 26.1 Å². The number of nitrogens with one attached hydrogen (secondary N) is 4. The lowest BCUT2D eigenvalue weighted by molar-refractivity contribution is 0.397. The first-order valence-corrected chi connectivity index (χ1v) is 17.3. The topological polar surface area (TPSA) is 213 Å². The highest BCUT2D eigenvalue weighted by Gasteiger charge is 2.03. The molecular formula is C25H29BrCl4N15O3P. The summed E-state index contributed by atoms with van der Waals surface area (Å²) in [6.45, 7) is -6.91. The molecule has 6 rings (SSSR count). The van der Waals surface area contributed by atoms with E-state index in [-0.39, 0.29) is 34.4 Å². The Morgan fingerprint density at radius 1 is 0.776 bits per heavy atom. The molecule has 18 nitrogen and oxygen atoms in total. The summed E-state index contributed by atoms with van der Waals surface area (Å²) in [5, 5.41) is 16.6. The van der Waals surface area contributed by atoms with Gasteiger partial charge in [0.15, 0.2) is 0 Å². The maximum atomic E-state index is 11.0. The number of hydrogen-bond donors (Lipinski definition) is 4. The minimum absolute atomic E-state index is 0. The molecule has 49 heavy (non-hydrogen) atoms. The van der Waals surface area contributed by atoms with E-state index in [1.807, 2.05) is 0 Å². The van der Waals surface area contributed by atoms with Gasteiger partial charge in [0.2, 0.25) is 23.7 Å². The third kappa shape index (κ3) is 17.1. The summed E-state index contributed by atoms with van der Waals surface area (Å²) in [7, 11) is 1.50. The fourth-order valence-electron chi connectivity index (χ4n) is 2.90. The van der Waals surface area contributed by atoms with Crippen LogP contribution in [0.2, 0.25) is 5.15 Å². The minimum Gasteiger partial charge on any atom is -0.481 e. The largest absolute Gasteiger partial charge is 0.481 e. The highest BCUT2D eigenvalue weighted by molar-refractivity contribution is 8.93. The van der Waals surface area contributed by atoms with Crippen molar-refractivity contribution in [3.63, 3.8) is 0 Å². The summed E-state index contributed by atoms with van der Waals surface area (Å²) < 4.78 is 81.5. The predicted octanol–water partition coefficient (Wildman–Crippen LogP) is 6.21. The van der Waals surface area contributed by atoms with Gasteiger partial charge in [0.25, 0.3) is 5.56 Å². The quantitative estimate of drug-likeness (QED) is 0.104. The van der Waals surface area contributed by atoms with Crippen LogP contribution in [0, 0.1) is 0 Å². The summed E-state index contributed by atoms with van der Waals surface area (Å²) in [5.41, 5.74) is 1.09. The average Bonchev–Trinajstić information content (AvgIpc) is 3.87. The van der Waals surface area contributed by atoms with E-state index >= 15 is 0 Å². The fourth-order valence-corrected chi connectivity index (χ4v) is 3.04. The molecule has 6 aromatic heterocycles. The predicted molar refractivity (Wildman–Crippen MR) is 195 cm³/mol. The Hall–Kier alpha value is -4.26. The molecule has 4 N–H and O–H groups in total. The molecule has 0 saturated carbocycles. The summed E-state index contributed by atoms with van der Waals surface area (Å²) in [6, 6.07) is 4.42. The summed E-state index contributed by atoms with van der Waals surface area (Å²) in [5.74, 6) is 1.22. The van der Waals surface area contributed by atoms with Crippen LogP contribution >= 0.6 is 67.5 Å². The van der Waals surface area contributed by atoms with Gasteiger partial charge in [-0.25, -0.2) is 19.9 Å². The highest BCUT2D eigenvalue weighted by Crippen LogP contribution is 2.61. The van der Waals surface area contributed by atoms with Gasteiger partial charge in [-0.2, -0.15) is 20.3 Å². The maximum absolute atomic E-state index is 11.0. The first-order valence-electron chi connectivity index (χ1n) is 17.0. The summed E-state index contributed by atoms with van der Waals surface area (Å²) in [4.78, 5) is 33.1. The Balaban J connectivity index is 0.000000281. The second-order valence-electron chi connectivity index (χ2n) is 8.20. The number of anilines is 6. The van der Waals surface area contributed by atoms with Crippen molar-refractivity contribution in [1.82, 2.24) is 59.2 Å². The van der Waals surface area contributed by atoms with Crippen LogP contribution in [0.3, 0.4) is 0 Å². The van der Waals surface area contributed by atoms with Crippen molar-refractivity contribution in [3.05, 3.63) is 89.5 Å².